The summed E-state index contributed by atoms with van der Waals surface area (Å²) in [6.07, 6.45) is 3.06. The lowest BCUT2D eigenvalue weighted by molar-refractivity contribution is -0.136. The maximum Gasteiger partial charge on any atom is 0.333 e. The van der Waals surface area contributed by atoms with Gasteiger partial charge in [-0.2, -0.15) is 0 Å². The number of carbonyl (C=O) groups is 1. The lowest BCUT2D eigenvalue weighted by Crippen LogP contribution is -2.32. The average molecular weight is 213 g/mol. The van der Waals surface area contributed by atoms with E-state index in [4.69, 9.17) is 0 Å². The maximum absolute atomic E-state index is 11.1. The summed E-state index contributed by atoms with van der Waals surface area (Å²) in [7, 11) is 1.41. The first-order valence-corrected chi connectivity index (χ1v) is 5.52. The van der Waals surface area contributed by atoms with Gasteiger partial charge in [-0.1, -0.05) is 13.0 Å². The van der Waals surface area contributed by atoms with Crippen molar-refractivity contribution in [1.29, 1.82) is 0 Å². The minimum absolute atomic E-state index is 0.241. The van der Waals surface area contributed by atoms with Crippen LogP contribution >= 0.6 is 0 Å². The standard InChI is InChI=1S/C12H23NO2/c1-6-8-13(10(2)3)9-7-11(4)12(14)15-5/h7,10H,6,8-9H2,1-5H3. The zero-order chi connectivity index (χ0) is 11.8. The first kappa shape index (κ1) is 14.2. The molecule has 0 saturated carbocycles. The Labute approximate surface area is 93.1 Å². The Morgan fingerprint density at radius 1 is 1.47 bits per heavy atom. The molecule has 0 rings (SSSR count). The minimum Gasteiger partial charge on any atom is -0.466 e. The summed E-state index contributed by atoms with van der Waals surface area (Å²) in [5.41, 5.74) is 0.680. The third-order valence-electron chi connectivity index (χ3n) is 2.38. The van der Waals surface area contributed by atoms with Crippen LogP contribution in [0.25, 0.3) is 0 Å². The molecule has 0 amide bonds. The van der Waals surface area contributed by atoms with Gasteiger partial charge in [-0.3, -0.25) is 4.90 Å². The fraction of sp³-hybridized carbons (Fsp3) is 0.750. The van der Waals surface area contributed by atoms with Crippen molar-refractivity contribution >= 4 is 5.97 Å². The molecule has 0 aromatic heterocycles. The average Bonchev–Trinajstić information content (AvgIpc) is 2.21. The van der Waals surface area contributed by atoms with E-state index in [9.17, 15) is 4.79 Å². The lowest BCUT2D eigenvalue weighted by atomic mass is 10.2. The van der Waals surface area contributed by atoms with E-state index in [0.29, 0.717) is 11.6 Å². The van der Waals surface area contributed by atoms with E-state index in [1.807, 2.05) is 6.08 Å². The van der Waals surface area contributed by atoms with Crippen molar-refractivity contribution in [1.82, 2.24) is 4.90 Å². The second kappa shape index (κ2) is 7.46. The predicted molar refractivity (Wildman–Crippen MR) is 62.8 cm³/mol. The fourth-order valence-electron chi connectivity index (χ4n) is 1.35. The molecule has 0 fully saturated rings. The van der Waals surface area contributed by atoms with E-state index in [2.05, 4.69) is 30.4 Å². The Balaban J connectivity index is 4.24. The summed E-state index contributed by atoms with van der Waals surface area (Å²) in [6, 6.07) is 0.506. The van der Waals surface area contributed by atoms with Gasteiger partial charge in [0.2, 0.25) is 0 Å². The Morgan fingerprint density at radius 3 is 2.47 bits per heavy atom. The SMILES string of the molecule is CCCN(CC=C(C)C(=O)OC)C(C)C. The summed E-state index contributed by atoms with van der Waals surface area (Å²) in [5.74, 6) is -0.241. The van der Waals surface area contributed by atoms with Crippen molar-refractivity contribution in [3.8, 4) is 0 Å². The molecule has 0 atom stereocenters. The van der Waals surface area contributed by atoms with Crippen LogP contribution in [0.3, 0.4) is 0 Å². The highest BCUT2D eigenvalue weighted by Gasteiger charge is 2.08. The van der Waals surface area contributed by atoms with Crippen molar-refractivity contribution in [2.24, 2.45) is 0 Å². The highest BCUT2D eigenvalue weighted by atomic mass is 16.5. The summed E-state index contributed by atoms with van der Waals surface area (Å²) >= 11 is 0. The number of rotatable bonds is 6. The highest BCUT2D eigenvalue weighted by Crippen LogP contribution is 2.02. The van der Waals surface area contributed by atoms with Crippen LogP contribution in [0, 0.1) is 0 Å². The van der Waals surface area contributed by atoms with Crippen molar-refractivity contribution in [3.05, 3.63) is 11.6 Å². The van der Waals surface area contributed by atoms with Crippen LogP contribution in [0.5, 0.6) is 0 Å². The Hall–Kier alpha value is -0.830. The first-order valence-electron chi connectivity index (χ1n) is 5.52. The number of carbonyl (C=O) groups excluding carboxylic acids is 1. The van der Waals surface area contributed by atoms with Crippen LogP contribution < -0.4 is 0 Å². The molecular formula is C12H23NO2. The molecule has 0 radical (unpaired) electrons. The molecule has 0 aliphatic heterocycles. The van der Waals surface area contributed by atoms with Crippen LogP contribution in [0.4, 0.5) is 0 Å². The summed E-state index contributed by atoms with van der Waals surface area (Å²) in [5, 5.41) is 0. The van der Waals surface area contributed by atoms with Gasteiger partial charge in [0.15, 0.2) is 0 Å². The van der Waals surface area contributed by atoms with Crippen LogP contribution in [-0.4, -0.2) is 37.1 Å². The zero-order valence-electron chi connectivity index (χ0n) is 10.5. The molecule has 3 nitrogen and oxygen atoms in total. The van der Waals surface area contributed by atoms with Crippen molar-refractivity contribution in [2.45, 2.75) is 40.2 Å². The number of nitrogens with zero attached hydrogens (tertiary/aromatic N) is 1. The monoisotopic (exact) mass is 213 g/mol. The second-order valence-corrected chi connectivity index (χ2v) is 3.97. The van der Waals surface area contributed by atoms with E-state index in [-0.39, 0.29) is 5.97 Å². The smallest absolute Gasteiger partial charge is 0.333 e. The number of methoxy groups -OCH3 is 1. The maximum atomic E-state index is 11.1. The molecule has 0 spiro atoms. The third-order valence-corrected chi connectivity index (χ3v) is 2.38. The van der Waals surface area contributed by atoms with Crippen molar-refractivity contribution < 1.29 is 9.53 Å². The molecule has 0 bridgehead atoms. The molecule has 0 aliphatic rings. The first-order chi connectivity index (χ1) is 7.02. The minimum atomic E-state index is -0.241. The summed E-state index contributed by atoms with van der Waals surface area (Å²) < 4.78 is 4.64. The molecule has 0 saturated heterocycles. The predicted octanol–water partition coefficient (Wildman–Crippen LogP) is 2.23. The lowest BCUT2D eigenvalue weighted by Gasteiger charge is -2.24. The molecule has 0 unspecified atom stereocenters. The van der Waals surface area contributed by atoms with Gasteiger partial charge in [0, 0.05) is 18.2 Å². The Kier molecular flexibility index (Phi) is 7.05. The Morgan fingerprint density at radius 2 is 2.07 bits per heavy atom. The van der Waals surface area contributed by atoms with Gasteiger partial charge in [0.05, 0.1) is 7.11 Å². The highest BCUT2D eigenvalue weighted by molar-refractivity contribution is 5.87. The molecule has 0 aromatic carbocycles. The van der Waals surface area contributed by atoms with Crippen LogP contribution in [0.2, 0.25) is 0 Å². The summed E-state index contributed by atoms with van der Waals surface area (Å²) in [6.45, 7) is 10.1. The molecule has 3 heteroatoms. The van der Waals surface area contributed by atoms with E-state index >= 15 is 0 Å². The van der Waals surface area contributed by atoms with Gasteiger partial charge < -0.3 is 4.74 Å². The van der Waals surface area contributed by atoms with Crippen LogP contribution in [-0.2, 0) is 9.53 Å². The van der Waals surface area contributed by atoms with Gasteiger partial charge >= 0.3 is 5.97 Å². The van der Waals surface area contributed by atoms with Gasteiger partial charge in [-0.15, -0.1) is 0 Å². The quantitative estimate of drug-likeness (QED) is 0.500. The third kappa shape index (κ3) is 5.57. The van der Waals surface area contributed by atoms with E-state index in [1.165, 1.54) is 7.11 Å². The normalized spacial score (nSPS) is 12.3. The molecule has 0 N–H and O–H groups in total. The number of ether oxygens (including phenoxy) is 1. The molecule has 0 aliphatic carbocycles. The fourth-order valence-corrected chi connectivity index (χ4v) is 1.35. The van der Waals surface area contributed by atoms with Crippen molar-refractivity contribution in [3.63, 3.8) is 0 Å². The number of hydrogen-bond acceptors (Lipinski definition) is 3. The Bertz CT molecular complexity index is 222. The van der Waals surface area contributed by atoms with E-state index < -0.39 is 0 Å². The van der Waals surface area contributed by atoms with Crippen LogP contribution in [0.1, 0.15) is 34.1 Å². The van der Waals surface area contributed by atoms with E-state index in [1.54, 1.807) is 6.92 Å². The summed E-state index contributed by atoms with van der Waals surface area (Å²) in [4.78, 5) is 13.5. The molecule has 0 heterocycles. The number of esters is 1. The van der Waals surface area contributed by atoms with Crippen molar-refractivity contribution in [2.75, 3.05) is 20.2 Å². The van der Waals surface area contributed by atoms with Crippen LogP contribution in [0.15, 0.2) is 11.6 Å². The second-order valence-electron chi connectivity index (χ2n) is 3.97. The van der Waals surface area contributed by atoms with Gasteiger partial charge in [0.25, 0.3) is 0 Å². The molecule has 88 valence electrons. The van der Waals surface area contributed by atoms with Gasteiger partial charge in [-0.25, -0.2) is 4.79 Å². The van der Waals surface area contributed by atoms with E-state index in [0.717, 1.165) is 19.5 Å². The number of hydrogen-bond donors (Lipinski definition) is 0. The van der Waals surface area contributed by atoms with Gasteiger partial charge in [-0.05, 0) is 33.7 Å². The largest absolute Gasteiger partial charge is 0.466 e. The zero-order valence-corrected chi connectivity index (χ0v) is 10.5. The molecular weight excluding hydrogens is 190 g/mol. The molecule has 15 heavy (non-hydrogen) atoms. The topological polar surface area (TPSA) is 29.5 Å². The van der Waals surface area contributed by atoms with Gasteiger partial charge in [0.1, 0.15) is 0 Å². The molecule has 0 aromatic rings.